The molecule has 0 saturated carbocycles. The summed E-state index contributed by atoms with van der Waals surface area (Å²) in [4.78, 5) is 28.9. The highest BCUT2D eigenvalue weighted by Gasteiger charge is 2.09. The summed E-state index contributed by atoms with van der Waals surface area (Å²) in [6, 6.07) is 4.74. The summed E-state index contributed by atoms with van der Waals surface area (Å²) in [7, 11) is 0. The standard InChI is InChI=1S/C11H7ClN2O2/c12-8-4-7(6-15)10(14-5-8)9-2-1-3-13-11(9)16/h1-6H,(H,13,16). The Balaban J connectivity index is 2.69. The van der Waals surface area contributed by atoms with E-state index in [1.54, 1.807) is 12.1 Å². The number of nitrogens with one attached hydrogen (secondary N) is 1. The van der Waals surface area contributed by atoms with Crippen LogP contribution in [-0.4, -0.2) is 16.3 Å². The molecule has 0 aliphatic heterocycles. The molecule has 0 atom stereocenters. The number of hydrogen-bond donors (Lipinski definition) is 1. The van der Waals surface area contributed by atoms with Gasteiger partial charge in [-0.3, -0.25) is 14.6 Å². The maximum absolute atomic E-state index is 11.5. The van der Waals surface area contributed by atoms with Gasteiger partial charge < -0.3 is 4.98 Å². The second kappa shape index (κ2) is 4.28. The van der Waals surface area contributed by atoms with Gasteiger partial charge in [0.2, 0.25) is 0 Å². The molecule has 2 heterocycles. The monoisotopic (exact) mass is 234 g/mol. The lowest BCUT2D eigenvalue weighted by Crippen LogP contribution is -2.09. The van der Waals surface area contributed by atoms with E-state index in [-0.39, 0.29) is 5.56 Å². The van der Waals surface area contributed by atoms with Crippen LogP contribution in [0.3, 0.4) is 0 Å². The van der Waals surface area contributed by atoms with Gasteiger partial charge >= 0.3 is 0 Å². The van der Waals surface area contributed by atoms with Crippen molar-refractivity contribution in [1.29, 1.82) is 0 Å². The number of aldehydes is 1. The lowest BCUT2D eigenvalue weighted by Gasteiger charge is -2.02. The van der Waals surface area contributed by atoms with Gasteiger partial charge in [-0.15, -0.1) is 0 Å². The quantitative estimate of drug-likeness (QED) is 0.808. The van der Waals surface area contributed by atoms with Gasteiger partial charge in [-0.25, -0.2) is 0 Å². The van der Waals surface area contributed by atoms with Crippen LogP contribution in [0, 0.1) is 0 Å². The maximum Gasteiger partial charge on any atom is 0.257 e. The fourth-order valence-corrected chi connectivity index (χ4v) is 1.54. The summed E-state index contributed by atoms with van der Waals surface area (Å²) in [5.41, 5.74) is 0.687. The topological polar surface area (TPSA) is 62.8 Å². The van der Waals surface area contributed by atoms with Crippen LogP contribution in [0.2, 0.25) is 5.02 Å². The Morgan fingerprint density at radius 1 is 1.44 bits per heavy atom. The molecule has 0 aromatic carbocycles. The van der Waals surface area contributed by atoms with Gasteiger partial charge in [0.1, 0.15) is 0 Å². The number of carbonyl (C=O) groups excluding carboxylic acids is 1. The van der Waals surface area contributed by atoms with Crippen molar-refractivity contribution in [3.05, 3.63) is 51.5 Å². The first kappa shape index (κ1) is 10.6. The summed E-state index contributed by atoms with van der Waals surface area (Å²) >= 11 is 5.72. The predicted octanol–water partition coefficient (Wildman–Crippen LogP) is 1.90. The van der Waals surface area contributed by atoms with Crippen molar-refractivity contribution >= 4 is 17.9 Å². The molecule has 0 unspecified atom stereocenters. The van der Waals surface area contributed by atoms with Gasteiger partial charge in [0.25, 0.3) is 5.56 Å². The third kappa shape index (κ3) is 1.87. The zero-order chi connectivity index (χ0) is 11.5. The molecule has 5 heteroatoms. The molecule has 1 N–H and O–H groups in total. The maximum atomic E-state index is 11.5. The van der Waals surface area contributed by atoms with E-state index in [9.17, 15) is 9.59 Å². The molecule has 0 aliphatic carbocycles. The molecule has 2 aromatic rings. The summed E-state index contributed by atoms with van der Waals surface area (Å²) in [6.45, 7) is 0. The summed E-state index contributed by atoms with van der Waals surface area (Å²) in [6.07, 6.45) is 3.54. The summed E-state index contributed by atoms with van der Waals surface area (Å²) in [5, 5.41) is 0.359. The van der Waals surface area contributed by atoms with E-state index < -0.39 is 0 Å². The van der Waals surface area contributed by atoms with E-state index in [0.29, 0.717) is 28.1 Å². The lowest BCUT2D eigenvalue weighted by atomic mass is 10.1. The highest BCUT2D eigenvalue weighted by Crippen LogP contribution is 2.19. The first-order valence-electron chi connectivity index (χ1n) is 4.51. The normalized spacial score (nSPS) is 10.1. The van der Waals surface area contributed by atoms with Crippen LogP contribution in [0.4, 0.5) is 0 Å². The fraction of sp³-hybridized carbons (Fsp3) is 0. The van der Waals surface area contributed by atoms with Crippen LogP contribution >= 0.6 is 11.6 Å². The second-order valence-corrected chi connectivity index (χ2v) is 3.56. The highest BCUT2D eigenvalue weighted by atomic mass is 35.5. The van der Waals surface area contributed by atoms with Crippen molar-refractivity contribution in [1.82, 2.24) is 9.97 Å². The first-order chi connectivity index (χ1) is 7.72. The smallest absolute Gasteiger partial charge is 0.257 e. The van der Waals surface area contributed by atoms with Crippen molar-refractivity contribution in [2.75, 3.05) is 0 Å². The van der Waals surface area contributed by atoms with Crippen LogP contribution in [-0.2, 0) is 0 Å². The molecule has 0 aliphatic rings. The Morgan fingerprint density at radius 3 is 2.94 bits per heavy atom. The zero-order valence-electron chi connectivity index (χ0n) is 8.11. The number of rotatable bonds is 2. The minimum absolute atomic E-state index is 0.291. The van der Waals surface area contributed by atoms with E-state index in [4.69, 9.17) is 11.6 Å². The molecule has 80 valence electrons. The Kier molecular flexibility index (Phi) is 2.83. The van der Waals surface area contributed by atoms with Crippen LogP contribution < -0.4 is 5.56 Å². The lowest BCUT2D eigenvalue weighted by molar-refractivity contribution is 0.112. The SMILES string of the molecule is O=Cc1cc(Cl)cnc1-c1ccc[nH]c1=O. The molecule has 2 rings (SSSR count). The number of pyridine rings is 2. The van der Waals surface area contributed by atoms with Crippen LogP contribution in [0.5, 0.6) is 0 Å². The molecular weight excluding hydrogens is 228 g/mol. The molecule has 0 fully saturated rings. The van der Waals surface area contributed by atoms with Gasteiger partial charge in [0.05, 0.1) is 16.3 Å². The van der Waals surface area contributed by atoms with Gasteiger partial charge in [0.15, 0.2) is 6.29 Å². The number of aromatic amines is 1. The molecule has 2 aromatic heterocycles. The van der Waals surface area contributed by atoms with E-state index in [1.165, 1.54) is 18.5 Å². The highest BCUT2D eigenvalue weighted by molar-refractivity contribution is 6.30. The molecule has 0 radical (unpaired) electrons. The van der Waals surface area contributed by atoms with Gasteiger partial charge in [-0.05, 0) is 18.2 Å². The number of aromatic nitrogens is 2. The van der Waals surface area contributed by atoms with Crippen LogP contribution in [0.15, 0.2) is 35.4 Å². The summed E-state index contributed by atoms with van der Waals surface area (Å²) in [5.74, 6) is 0. The molecule has 16 heavy (non-hydrogen) atoms. The molecular formula is C11H7ClN2O2. The van der Waals surface area contributed by atoms with Crippen LogP contribution in [0.1, 0.15) is 10.4 Å². The second-order valence-electron chi connectivity index (χ2n) is 3.12. The van der Waals surface area contributed by atoms with Crippen molar-refractivity contribution in [2.45, 2.75) is 0 Å². The fourth-order valence-electron chi connectivity index (χ4n) is 1.38. The molecule has 0 bridgehead atoms. The van der Waals surface area contributed by atoms with E-state index in [2.05, 4.69) is 9.97 Å². The Hall–Kier alpha value is -1.94. The van der Waals surface area contributed by atoms with Crippen molar-refractivity contribution in [2.24, 2.45) is 0 Å². The third-order valence-electron chi connectivity index (χ3n) is 2.08. The minimum atomic E-state index is -0.291. The van der Waals surface area contributed by atoms with Crippen molar-refractivity contribution in [3.8, 4) is 11.3 Å². The average Bonchev–Trinajstić information content (AvgIpc) is 2.30. The zero-order valence-corrected chi connectivity index (χ0v) is 8.86. The van der Waals surface area contributed by atoms with E-state index >= 15 is 0 Å². The first-order valence-corrected chi connectivity index (χ1v) is 4.89. The van der Waals surface area contributed by atoms with Gasteiger partial charge in [-0.2, -0.15) is 0 Å². The third-order valence-corrected chi connectivity index (χ3v) is 2.29. The van der Waals surface area contributed by atoms with Crippen molar-refractivity contribution in [3.63, 3.8) is 0 Å². The largest absolute Gasteiger partial charge is 0.329 e. The molecule has 0 amide bonds. The summed E-state index contributed by atoms with van der Waals surface area (Å²) < 4.78 is 0. The van der Waals surface area contributed by atoms with E-state index in [0.717, 1.165) is 0 Å². The number of H-pyrrole nitrogens is 1. The number of nitrogens with zero attached hydrogens (tertiary/aromatic N) is 1. The van der Waals surface area contributed by atoms with Gasteiger partial charge in [0, 0.05) is 18.0 Å². The van der Waals surface area contributed by atoms with Crippen molar-refractivity contribution < 1.29 is 4.79 Å². The number of hydrogen-bond acceptors (Lipinski definition) is 3. The average molecular weight is 235 g/mol. The molecule has 0 spiro atoms. The predicted molar refractivity (Wildman–Crippen MR) is 60.7 cm³/mol. The Bertz CT molecular complexity index is 593. The number of halogens is 1. The minimum Gasteiger partial charge on any atom is -0.329 e. The van der Waals surface area contributed by atoms with Gasteiger partial charge in [-0.1, -0.05) is 11.6 Å². The molecule has 0 saturated heterocycles. The Labute approximate surface area is 95.9 Å². The van der Waals surface area contributed by atoms with E-state index in [1.807, 2.05) is 0 Å². The van der Waals surface area contributed by atoms with Crippen LogP contribution in [0.25, 0.3) is 11.3 Å². The Morgan fingerprint density at radius 2 is 2.25 bits per heavy atom. The number of carbonyl (C=O) groups is 1. The molecule has 4 nitrogen and oxygen atoms in total.